The second-order valence-electron chi connectivity index (χ2n) is 5.08. The Morgan fingerprint density at radius 1 is 1.14 bits per heavy atom. The topological polar surface area (TPSA) is 66.6 Å². The van der Waals surface area contributed by atoms with E-state index in [0.717, 1.165) is 29.4 Å². The Morgan fingerprint density at radius 2 is 2.00 bits per heavy atom. The van der Waals surface area contributed by atoms with E-state index in [2.05, 4.69) is 20.2 Å². The van der Waals surface area contributed by atoms with Crippen molar-refractivity contribution in [1.29, 1.82) is 0 Å². The van der Waals surface area contributed by atoms with E-state index in [1.807, 2.05) is 34.5 Å². The third-order valence-electron chi connectivity index (χ3n) is 3.77. The predicted molar refractivity (Wildman–Crippen MR) is 83.2 cm³/mol. The van der Waals surface area contributed by atoms with Crippen LogP contribution >= 0.6 is 11.3 Å². The first-order chi connectivity index (χ1) is 10.8. The molecule has 1 aliphatic rings. The Labute approximate surface area is 130 Å². The number of fused-ring (bicyclic) bond motifs is 1. The summed E-state index contributed by atoms with van der Waals surface area (Å²) in [6.45, 7) is 2.97. The first-order valence-corrected chi connectivity index (χ1v) is 7.94. The molecule has 1 amide bonds. The molecule has 3 aromatic heterocycles. The molecule has 8 heteroatoms. The first kappa shape index (κ1) is 13.2. The number of amides is 1. The van der Waals surface area contributed by atoms with Gasteiger partial charge in [-0.05, 0) is 23.6 Å². The van der Waals surface area contributed by atoms with E-state index in [0.29, 0.717) is 13.1 Å². The predicted octanol–water partition coefficient (Wildman–Crippen LogP) is 1.15. The van der Waals surface area contributed by atoms with Gasteiger partial charge in [0.05, 0.1) is 4.88 Å². The van der Waals surface area contributed by atoms with Crippen molar-refractivity contribution in [1.82, 2.24) is 24.7 Å². The highest BCUT2D eigenvalue weighted by molar-refractivity contribution is 7.12. The van der Waals surface area contributed by atoms with Gasteiger partial charge < -0.3 is 9.80 Å². The number of rotatable bonds is 2. The van der Waals surface area contributed by atoms with Gasteiger partial charge >= 0.3 is 0 Å². The van der Waals surface area contributed by atoms with Crippen LogP contribution in [-0.2, 0) is 0 Å². The zero-order valence-electron chi connectivity index (χ0n) is 11.8. The average Bonchev–Trinajstić information content (AvgIpc) is 3.25. The molecule has 0 aliphatic carbocycles. The Kier molecular flexibility index (Phi) is 3.23. The van der Waals surface area contributed by atoms with E-state index >= 15 is 0 Å². The van der Waals surface area contributed by atoms with Crippen LogP contribution in [0.25, 0.3) is 5.65 Å². The van der Waals surface area contributed by atoms with Crippen LogP contribution in [0.3, 0.4) is 0 Å². The van der Waals surface area contributed by atoms with Crippen molar-refractivity contribution in [2.45, 2.75) is 0 Å². The minimum absolute atomic E-state index is 0.122. The van der Waals surface area contributed by atoms with E-state index in [4.69, 9.17) is 0 Å². The van der Waals surface area contributed by atoms with E-state index in [-0.39, 0.29) is 5.91 Å². The Balaban J connectivity index is 1.46. The molecule has 112 valence electrons. The molecule has 1 fully saturated rings. The van der Waals surface area contributed by atoms with Crippen molar-refractivity contribution >= 4 is 28.7 Å². The minimum atomic E-state index is 0.122. The molecule has 3 aromatic rings. The standard InChI is InChI=1S/C14H14N6OS/c21-14(11-2-1-9-22-11)19-7-5-18(6-8-19)13-4-3-12-16-15-10-20(12)17-13/h1-4,9-10H,5-8H2. The SMILES string of the molecule is O=C(c1cccs1)N1CCN(c2ccc3nncn3n2)CC1. The van der Waals surface area contributed by atoms with E-state index in [1.165, 1.54) is 11.3 Å². The molecular formula is C14H14N6OS. The fraction of sp³-hybridized carbons (Fsp3) is 0.286. The fourth-order valence-electron chi connectivity index (χ4n) is 2.58. The molecule has 0 aromatic carbocycles. The van der Waals surface area contributed by atoms with E-state index < -0.39 is 0 Å². The number of hydrogen-bond acceptors (Lipinski definition) is 6. The molecule has 0 unspecified atom stereocenters. The molecular weight excluding hydrogens is 300 g/mol. The highest BCUT2D eigenvalue weighted by atomic mass is 32.1. The molecule has 1 aliphatic heterocycles. The van der Waals surface area contributed by atoms with Gasteiger partial charge in [-0.15, -0.1) is 26.6 Å². The van der Waals surface area contributed by atoms with Crippen LogP contribution in [-0.4, -0.2) is 56.8 Å². The zero-order chi connectivity index (χ0) is 14.9. The number of thiophene rings is 1. The summed E-state index contributed by atoms with van der Waals surface area (Å²) in [6.07, 6.45) is 1.59. The number of nitrogens with zero attached hydrogens (tertiary/aromatic N) is 6. The smallest absolute Gasteiger partial charge is 0.264 e. The molecule has 4 rings (SSSR count). The number of aromatic nitrogens is 4. The Hall–Kier alpha value is -2.48. The van der Waals surface area contributed by atoms with Gasteiger partial charge in [0.15, 0.2) is 5.65 Å². The lowest BCUT2D eigenvalue weighted by Crippen LogP contribution is -2.49. The van der Waals surface area contributed by atoms with E-state index in [9.17, 15) is 4.79 Å². The van der Waals surface area contributed by atoms with Crippen LogP contribution < -0.4 is 4.90 Å². The molecule has 1 saturated heterocycles. The fourth-order valence-corrected chi connectivity index (χ4v) is 3.27. The van der Waals surface area contributed by atoms with Crippen molar-refractivity contribution < 1.29 is 4.79 Å². The highest BCUT2D eigenvalue weighted by Crippen LogP contribution is 2.17. The number of anilines is 1. The maximum absolute atomic E-state index is 12.3. The average molecular weight is 314 g/mol. The number of hydrogen-bond donors (Lipinski definition) is 0. The summed E-state index contributed by atoms with van der Waals surface area (Å²) in [7, 11) is 0. The van der Waals surface area contributed by atoms with Gasteiger partial charge in [-0.1, -0.05) is 6.07 Å². The molecule has 7 nitrogen and oxygen atoms in total. The second kappa shape index (κ2) is 5.38. The summed E-state index contributed by atoms with van der Waals surface area (Å²) >= 11 is 1.49. The lowest BCUT2D eigenvalue weighted by Gasteiger charge is -2.35. The van der Waals surface area contributed by atoms with Gasteiger partial charge in [0, 0.05) is 26.2 Å². The third-order valence-corrected chi connectivity index (χ3v) is 4.63. The largest absolute Gasteiger partial charge is 0.352 e. The molecule has 0 spiro atoms. The van der Waals surface area contributed by atoms with Crippen LogP contribution in [0.4, 0.5) is 5.82 Å². The highest BCUT2D eigenvalue weighted by Gasteiger charge is 2.23. The van der Waals surface area contributed by atoms with Crippen molar-refractivity contribution in [3.8, 4) is 0 Å². The Bertz CT molecular complexity index is 791. The number of carbonyl (C=O) groups excluding carboxylic acids is 1. The van der Waals surface area contributed by atoms with Crippen LogP contribution in [0.2, 0.25) is 0 Å². The van der Waals surface area contributed by atoms with E-state index in [1.54, 1.807) is 10.8 Å². The summed E-state index contributed by atoms with van der Waals surface area (Å²) in [5.41, 5.74) is 0.732. The molecule has 0 radical (unpaired) electrons. The maximum atomic E-state index is 12.3. The first-order valence-electron chi connectivity index (χ1n) is 7.06. The number of carbonyl (C=O) groups is 1. The molecule has 0 atom stereocenters. The van der Waals surface area contributed by atoms with Crippen LogP contribution in [0.5, 0.6) is 0 Å². The van der Waals surface area contributed by atoms with Crippen molar-refractivity contribution in [3.05, 3.63) is 40.8 Å². The minimum Gasteiger partial charge on any atom is -0.352 e. The van der Waals surface area contributed by atoms with Gasteiger partial charge in [0.25, 0.3) is 5.91 Å². The summed E-state index contributed by atoms with van der Waals surface area (Å²) in [5, 5.41) is 14.2. The lowest BCUT2D eigenvalue weighted by atomic mass is 10.3. The lowest BCUT2D eigenvalue weighted by molar-refractivity contribution is 0.0751. The number of piperazine rings is 1. The van der Waals surface area contributed by atoms with Crippen LogP contribution in [0.1, 0.15) is 9.67 Å². The summed E-state index contributed by atoms with van der Waals surface area (Å²) in [5.74, 6) is 1.01. The quantitative estimate of drug-likeness (QED) is 0.710. The summed E-state index contributed by atoms with van der Waals surface area (Å²) in [6, 6.07) is 7.63. The Morgan fingerprint density at radius 3 is 2.77 bits per heavy atom. The van der Waals surface area contributed by atoms with Gasteiger partial charge in [0.1, 0.15) is 12.1 Å². The molecule has 22 heavy (non-hydrogen) atoms. The van der Waals surface area contributed by atoms with Crippen molar-refractivity contribution in [2.24, 2.45) is 0 Å². The van der Waals surface area contributed by atoms with Crippen molar-refractivity contribution in [2.75, 3.05) is 31.1 Å². The molecule has 0 N–H and O–H groups in total. The normalized spacial score (nSPS) is 15.5. The maximum Gasteiger partial charge on any atom is 0.264 e. The van der Waals surface area contributed by atoms with Gasteiger partial charge in [-0.3, -0.25) is 4.79 Å². The monoisotopic (exact) mass is 314 g/mol. The van der Waals surface area contributed by atoms with Crippen LogP contribution in [0.15, 0.2) is 36.0 Å². The molecule has 0 bridgehead atoms. The van der Waals surface area contributed by atoms with Crippen molar-refractivity contribution in [3.63, 3.8) is 0 Å². The van der Waals surface area contributed by atoms with Gasteiger partial charge in [-0.2, -0.15) is 4.52 Å². The van der Waals surface area contributed by atoms with Gasteiger partial charge in [-0.25, -0.2) is 0 Å². The molecule has 0 saturated carbocycles. The summed E-state index contributed by atoms with van der Waals surface area (Å²) in [4.78, 5) is 17.2. The zero-order valence-corrected chi connectivity index (χ0v) is 12.6. The molecule has 4 heterocycles. The van der Waals surface area contributed by atoms with Crippen LogP contribution in [0, 0.1) is 0 Å². The van der Waals surface area contributed by atoms with Gasteiger partial charge in [0.2, 0.25) is 0 Å². The third kappa shape index (κ3) is 2.31. The summed E-state index contributed by atoms with van der Waals surface area (Å²) < 4.78 is 1.67. The second-order valence-corrected chi connectivity index (χ2v) is 6.03.